The van der Waals surface area contributed by atoms with E-state index in [1.165, 1.54) is 12.1 Å². The Hall–Kier alpha value is -3.87. The van der Waals surface area contributed by atoms with E-state index in [9.17, 15) is 18.0 Å². The fourth-order valence-corrected chi connectivity index (χ4v) is 3.10. The largest absolute Gasteiger partial charge is 0.416 e. The number of nitrogens with zero attached hydrogens (tertiary/aromatic N) is 2. The lowest BCUT2D eigenvalue weighted by Gasteiger charge is -2.12. The number of rotatable bonds is 4. The molecule has 1 heterocycles. The normalized spacial score (nSPS) is 11.3. The highest BCUT2D eigenvalue weighted by Gasteiger charge is 2.30. The molecule has 0 fully saturated rings. The van der Waals surface area contributed by atoms with Gasteiger partial charge in [-0.2, -0.15) is 13.2 Å². The van der Waals surface area contributed by atoms with Gasteiger partial charge >= 0.3 is 6.18 Å². The Kier molecular flexibility index (Phi) is 5.10. The highest BCUT2D eigenvalue weighted by Crippen LogP contribution is 2.32. The molecule has 4 nitrogen and oxygen atoms in total. The number of aromatic nitrogens is 2. The first kappa shape index (κ1) is 19.4. The summed E-state index contributed by atoms with van der Waals surface area (Å²) >= 11 is 0. The van der Waals surface area contributed by atoms with Crippen molar-refractivity contribution < 1.29 is 18.0 Å². The third kappa shape index (κ3) is 4.10. The molecule has 0 unspecified atom stereocenters. The number of amides is 1. The van der Waals surface area contributed by atoms with Crippen molar-refractivity contribution in [3.05, 3.63) is 103 Å². The Labute approximate surface area is 170 Å². The van der Waals surface area contributed by atoms with Gasteiger partial charge in [0.1, 0.15) is 0 Å². The summed E-state index contributed by atoms with van der Waals surface area (Å²) in [5, 5.41) is 2.83. The summed E-state index contributed by atoms with van der Waals surface area (Å²) in [7, 11) is 0. The molecule has 0 bridgehead atoms. The van der Waals surface area contributed by atoms with Crippen molar-refractivity contribution in [1.82, 2.24) is 9.55 Å². The van der Waals surface area contributed by atoms with Crippen molar-refractivity contribution in [2.45, 2.75) is 6.18 Å². The van der Waals surface area contributed by atoms with Gasteiger partial charge in [0.2, 0.25) is 0 Å². The predicted octanol–water partition coefficient (Wildman–Crippen LogP) is 5.81. The van der Waals surface area contributed by atoms with Crippen molar-refractivity contribution in [2.75, 3.05) is 5.32 Å². The van der Waals surface area contributed by atoms with Gasteiger partial charge in [0.05, 0.1) is 11.9 Å². The number of carbonyl (C=O) groups is 1. The van der Waals surface area contributed by atoms with E-state index in [-0.39, 0.29) is 5.91 Å². The molecular formula is C23H16F3N3O. The molecular weight excluding hydrogens is 391 g/mol. The van der Waals surface area contributed by atoms with Crippen LogP contribution >= 0.6 is 0 Å². The van der Waals surface area contributed by atoms with Gasteiger partial charge in [-0.15, -0.1) is 0 Å². The van der Waals surface area contributed by atoms with Crippen LogP contribution in [0.3, 0.4) is 0 Å². The zero-order valence-corrected chi connectivity index (χ0v) is 15.6. The van der Waals surface area contributed by atoms with Gasteiger partial charge in [0.25, 0.3) is 5.91 Å². The van der Waals surface area contributed by atoms with Gasteiger partial charge in [-0.3, -0.25) is 4.79 Å². The summed E-state index contributed by atoms with van der Waals surface area (Å²) in [5.74, 6) is -0.346. The second-order valence-corrected chi connectivity index (χ2v) is 6.59. The van der Waals surface area contributed by atoms with Gasteiger partial charge in [-0.1, -0.05) is 30.3 Å². The molecule has 0 aliphatic carbocycles. The van der Waals surface area contributed by atoms with E-state index in [2.05, 4.69) is 10.3 Å². The molecule has 0 saturated heterocycles. The SMILES string of the molecule is O=C(Nc1ccc(-n2ccnc2)cc1)c1ccccc1-c1ccc(C(F)(F)F)cc1. The Morgan fingerprint density at radius 1 is 0.900 bits per heavy atom. The third-order valence-corrected chi connectivity index (χ3v) is 4.62. The summed E-state index contributed by atoms with van der Waals surface area (Å²) in [4.78, 5) is 16.8. The van der Waals surface area contributed by atoms with Gasteiger partial charge in [0.15, 0.2) is 0 Å². The summed E-state index contributed by atoms with van der Waals surface area (Å²) in [5.41, 5.74) is 2.23. The summed E-state index contributed by atoms with van der Waals surface area (Å²) in [6.07, 6.45) is 0.758. The highest BCUT2D eigenvalue weighted by atomic mass is 19.4. The van der Waals surface area contributed by atoms with Gasteiger partial charge < -0.3 is 9.88 Å². The number of anilines is 1. The number of nitrogens with one attached hydrogen (secondary N) is 1. The Balaban J connectivity index is 1.57. The Bertz CT molecular complexity index is 1150. The smallest absolute Gasteiger partial charge is 0.322 e. The molecule has 4 rings (SSSR count). The Morgan fingerprint density at radius 3 is 2.23 bits per heavy atom. The number of halogens is 3. The third-order valence-electron chi connectivity index (χ3n) is 4.62. The molecule has 0 spiro atoms. The van der Waals surface area contributed by atoms with Crippen LogP contribution in [0.15, 0.2) is 91.5 Å². The molecule has 0 aliphatic heterocycles. The predicted molar refractivity (Wildman–Crippen MR) is 108 cm³/mol. The maximum atomic E-state index is 12.8. The van der Waals surface area contributed by atoms with Crippen LogP contribution in [0, 0.1) is 0 Å². The molecule has 0 aliphatic rings. The maximum Gasteiger partial charge on any atom is 0.416 e. The molecule has 7 heteroatoms. The van der Waals surface area contributed by atoms with E-state index < -0.39 is 11.7 Å². The van der Waals surface area contributed by atoms with Crippen molar-refractivity contribution in [1.29, 1.82) is 0 Å². The maximum absolute atomic E-state index is 12.8. The standard InChI is InChI=1S/C23H16F3N3O/c24-23(25,26)17-7-5-16(6-8-17)20-3-1-2-4-21(20)22(30)28-18-9-11-19(12-10-18)29-14-13-27-15-29/h1-15H,(H,28,30). The number of hydrogen-bond donors (Lipinski definition) is 1. The van der Waals surface area contributed by atoms with Gasteiger partial charge in [-0.05, 0) is 53.6 Å². The van der Waals surface area contributed by atoms with Crippen molar-refractivity contribution in [3.63, 3.8) is 0 Å². The van der Waals surface area contributed by atoms with Crippen LogP contribution in [-0.2, 0) is 6.18 Å². The average Bonchev–Trinajstić information content (AvgIpc) is 3.29. The van der Waals surface area contributed by atoms with Crippen LogP contribution in [0.2, 0.25) is 0 Å². The molecule has 4 aromatic rings. The van der Waals surface area contributed by atoms with Crippen LogP contribution < -0.4 is 5.32 Å². The molecule has 1 N–H and O–H groups in total. The number of benzene rings is 3. The molecule has 150 valence electrons. The van der Waals surface area contributed by atoms with Crippen LogP contribution in [-0.4, -0.2) is 15.5 Å². The monoisotopic (exact) mass is 407 g/mol. The highest BCUT2D eigenvalue weighted by molar-refractivity contribution is 6.08. The minimum Gasteiger partial charge on any atom is -0.322 e. The second kappa shape index (κ2) is 7.87. The van der Waals surface area contributed by atoms with E-state index in [4.69, 9.17) is 0 Å². The Morgan fingerprint density at radius 2 is 1.60 bits per heavy atom. The fourth-order valence-electron chi connectivity index (χ4n) is 3.10. The number of carbonyl (C=O) groups excluding carboxylic acids is 1. The topological polar surface area (TPSA) is 46.9 Å². The molecule has 30 heavy (non-hydrogen) atoms. The first-order valence-electron chi connectivity index (χ1n) is 9.08. The van der Waals surface area contributed by atoms with E-state index in [1.807, 2.05) is 22.9 Å². The molecule has 1 amide bonds. The van der Waals surface area contributed by atoms with Crippen molar-refractivity contribution in [2.24, 2.45) is 0 Å². The van der Waals surface area contributed by atoms with E-state index >= 15 is 0 Å². The molecule has 0 saturated carbocycles. The molecule has 3 aromatic carbocycles. The van der Waals surface area contributed by atoms with E-state index in [0.29, 0.717) is 22.4 Å². The first-order chi connectivity index (χ1) is 14.4. The lowest BCUT2D eigenvalue weighted by molar-refractivity contribution is -0.137. The summed E-state index contributed by atoms with van der Waals surface area (Å²) in [6.45, 7) is 0. The average molecular weight is 407 g/mol. The zero-order chi connectivity index (χ0) is 21.1. The number of alkyl halides is 3. The van der Waals surface area contributed by atoms with Crippen LogP contribution in [0.5, 0.6) is 0 Å². The minimum atomic E-state index is -4.40. The van der Waals surface area contributed by atoms with Gasteiger partial charge in [-0.25, -0.2) is 4.98 Å². The lowest BCUT2D eigenvalue weighted by atomic mass is 9.98. The molecule has 0 radical (unpaired) electrons. The molecule has 0 atom stereocenters. The van der Waals surface area contributed by atoms with E-state index in [1.54, 1.807) is 48.9 Å². The van der Waals surface area contributed by atoms with Gasteiger partial charge in [0, 0.05) is 29.3 Å². The second-order valence-electron chi connectivity index (χ2n) is 6.59. The van der Waals surface area contributed by atoms with Crippen LogP contribution in [0.25, 0.3) is 16.8 Å². The van der Waals surface area contributed by atoms with Crippen molar-refractivity contribution in [3.8, 4) is 16.8 Å². The van der Waals surface area contributed by atoms with Crippen LogP contribution in [0.1, 0.15) is 15.9 Å². The minimum absolute atomic E-state index is 0.346. The van der Waals surface area contributed by atoms with Crippen LogP contribution in [0.4, 0.5) is 18.9 Å². The zero-order valence-electron chi connectivity index (χ0n) is 15.6. The lowest BCUT2D eigenvalue weighted by Crippen LogP contribution is -2.13. The van der Waals surface area contributed by atoms with Crippen molar-refractivity contribution >= 4 is 11.6 Å². The fraction of sp³-hybridized carbons (Fsp3) is 0.0435. The quantitative estimate of drug-likeness (QED) is 0.464. The first-order valence-corrected chi connectivity index (χ1v) is 9.08. The molecule has 1 aromatic heterocycles. The summed E-state index contributed by atoms with van der Waals surface area (Å²) in [6, 6.07) is 18.8. The van der Waals surface area contributed by atoms with E-state index in [0.717, 1.165) is 17.8 Å². The summed E-state index contributed by atoms with van der Waals surface area (Å²) < 4.78 is 40.3. The number of hydrogen-bond acceptors (Lipinski definition) is 2. The number of imidazole rings is 1.